The van der Waals surface area contributed by atoms with Crippen LogP contribution in [0.15, 0.2) is 18.3 Å². The van der Waals surface area contributed by atoms with Gasteiger partial charge in [-0.05, 0) is 19.1 Å². The maximum atomic E-state index is 13.5. The van der Waals surface area contributed by atoms with E-state index in [1.54, 1.807) is 0 Å². The first-order valence-corrected chi connectivity index (χ1v) is 4.99. The Morgan fingerprint density at radius 1 is 1.56 bits per heavy atom. The van der Waals surface area contributed by atoms with Crippen LogP contribution in [0.1, 0.15) is 21.6 Å². The van der Waals surface area contributed by atoms with Crippen molar-refractivity contribution in [1.29, 1.82) is 5.26 Å². The molecule has 0 atom stereocenters. The Balaban J connectivity index is 2.32. The van der Waals surface area contributed by atoms with Crippen LogP contribution < -0.4 is 5.32 Å². The minimum absolute atomic E-state index is 0.0807. The highest BCUT2D eigenvalue weighted by Crippen LogP contribution is 2.20. The first-order chi connectivity index (χ1) is 8.61. The Labute approximate surface area is 101 Å². The monoisotopic (exact) mass is 245 g/mol. The Morgan fingerprint density at radius 2 is 2.33 bits per heavy atom. The average Bonchev–Trinajstić information content (AvgIpc) is 2.88. The minimum atomic E-state index is -0.551. The smallest absolute Gasteiger partial charge is 0.277 e. The SMILES string of the molecule is Cc1c(F)cc(C#N)cc1NC(=O)c1cn[nH]n1. The Bertz CT molecular complexity index is 630. The molecule has 2 rings (SSSR count). The van der Waals surface area contributed by atoms with E-state index in [9.17, 15) is 9.18 Å². The van der Waals surface area contributed by atoms with Crippen LogP contribution in [-0.4, -0.2) is 21.3 Å². The zero-order chi connectivity index (χ0) is 13.1. The predicted octanol–water partition coefficient (Wildman–Crippen LogP) is 1.38. The van der Waals surface area contributed by atoms with Crippen LogP contribution in [0.5, 0.6) is 0 Å². The highest BCUT2D eigenvalue weighted by Gasteiger charge is 2.13. The number of nitrogens with one attached hydrogen (secondary N) is 2. The Kier molecular flexibility index (Phi) is 3.02. The summed E-state index contributed by atoms with van der Waals surface area (Å²) < 4.78 is 13.5. The lowest BCUT2D eigenvalue weighted by Crippen LogP contribution is -2.14. The van der Waals surface area contributed by atoms with Gasteiger partial charge < -0.3 is 5.32 Å². The van der Waals surface area contributed by atoms with Crippen molar-refractivity contribution in [2.24, 2.45) is 0 Å². The fourth-order valence-electron chi connectivity index (χ4n) is 1.37. The summed E-state index contributed by atoms with van der Waals surface area (Å²) in [5.41, 5.74) is 0.705. The van der Waals surface area contributed by atoms with Gasteiger partial charge in [0, 0.05) is 11.3 Å². The van der Waals surface area contributed by atoms with Crippen LogP contribution in [0.2, 0.25) is 0 Å². The van der Waals surface area contributed by atoms with Crippen molar-refractivity contribution in [2.45, 2.75) is 6.92 Å². The van der Waals surface area contributed by atoms with Gasteiger partial charge in [0.05, 0.1) is 17.8 Å². The third kappa shape index (κ3) is 2.17. The number of halogens is 1. The molecule has 0 saturated carbocycles. The molecule has 7 heteroatoms. The molecule has 2 aromatic rings. The number of carbonyl (C=O) groups is 1. The number of carbonyl (C=O) groups excluding carboxylic acids is 1. The van der Waals surface area contributed by atoms with Crippen molar-refractivity contribution in [3.05, 3.63) is 41.0 Å². The van der Waals surface area contributed by atoms with Gasteiger partial charge in [-0.2, -0.15) is 20.7 Å². The zero-order valence-corrected chi connectivity index (χ0v) is 9.36. The van der Waals surface area contributed by atoms with Gasteiger partial charge >= 0.3 is 0 Å². The molecule has 90 valence electrons. The van der Waals surface area contributed by atoms with Gasteiger partial charge in [0.2, 0.25) is 0 Å². The fourth-order valence-corrected chi connectivity index (χ4v) is 1.37. The van der Waals surface area contributed by atoms with Crippen molar-refractivity contribution < 1.29 is 9.18 Å². The minimum Gasteiger partial charge on any atom is -0.320 e. The summed E-state index contributed by atoms with van der Waals surface area (Å²) in [7, 11) is 0. The molecule has 0 aliphatic rings. The topological polar surface area (TPSA) is 94.5 Å². The normalized spacial score (nSPS) is 9.83. The number of anilines is 1. The van der Waals surface area contributed by atoms with Crippen molar-refractivity contribution in [2.75, 3.05) is 5.32 Å². The molecular formula is C11H8FN5O. The third-order valence-corrected chi connectivity index (χ3v) is 2.37. The molecule has 6 nitrogen and oxygen atoms in total. The number of aromatic amines is 1. The lowest BCUT2D eigenvalue weighted by atomic mass is 10.1. The highest BCUT2D eigenvalue weighted by molar-refractivity contribution is 6.03. The molecule has 0 spiro atoms. The number of rotatable bonds is 2. The summed E-state index contributed by atoms with van der Waals surface area (Å²) in [5, 5.41) is 20.6. The molecule has 0 unspecified atom stereocenters. The highest BCUT2D eigenvalue weighted by atomic mass is 19.1. The predicted molar refractivity (Wildman–Crippen MR) is 60.2 cm³/mol. The Morgan fingerprint density at radius 3 is 2.94 bits per heavy atom. The van der Waals surface area contributed by atoms with Gasteiger partial charge in [0.1, 0.15) is 5.82 Å². The molecule has 1 aromatic heterocycles. The number of nitriles is 1. The van der Waals surface area contributed by atoms with Gasteiger partial charge in [0.15, 0.2) is 5.69 Å². The summed E-state index contributed by atoms with van der Waals surface area (Å²) in [4.78, 5) is 11.7. The molecule has 0 bridgehead atoms. The summed E-state index contributed by atoms with van der Waals surface area (Å²) in [6, 6.07) is 4.33. The Hall–Kier alpha value is -2.75. The number of hydrogen-bond acceptors (Lipinski definition) is 4. The van der Waals surface area contributed by atoms with E-state index in [1.165, 1.54) is 19.2 Å². The first-order valence-electron chi connectivity index (χ1n) is 4.99. The second kappa shape index (κ2) is 4.63. The van der Waals surface area contributed by atoms with E-state index >= 15 is 0 Å². The number of hydrogen-bond donors (Lipinski definition) is 2. The molecule has 1 aromatic carbocycles. The quantitative estimate of drug-likeness (QED) is 0.835. The van der Waals surface area contributed by atoms with Gasteiger partial charge in [-0.1, -0.05) is 0 Å². The van der Waals surface area contributed by atoms with Crippen LogP contribution in [0, 0.1) is 24.1 Å². The molecule has 0 aliphatic heterocycles. The van der Waals surface area contributed by atoms with Gasteiger partial charge in [0.25, 0.3) is 5.91 Å². The maximum absolute atomic E-state index is 13.5. The van der Waals surface area contributed by atoms with Crippen LogP contribution >= 0.6 is 0 Å². The second-order valence-electron chi connectivity index (χ2n) is 3.55. The number of benzene rings is 1. The molecule has 0 fully saturated rings. The number of nitrogens with zero attached hydrogens (tertiary/aromatic N) is 3. The molecule has 18 heavy (non-hydrogen) atoms. The van der Waals surface area contributed by atoms with Gasteiger partial charge in [-0.15, -0.1) is 0 Å². The van der Waals surface area contributed by atoms with Crippen molar-refractivity contribution in [3.8, 4) is 6.07 Å². The largest absolute Gasteiger partial charge is 0.320 e. The van der Waals surface area contributed by atoms with E-state index in [-0.39, 0.29) is 22.5 Å². The molecule has 0 aliphatic carbocycles. The molecule has 2 N–H and O–H groups in total. The van der Waals surface area contributed by atoms with Gasteiger partial charge in [-0.3, -0.25) is 4.79 Å². The number of aromatic nitrogens is 3. The lowest BCUT2D eigenvalue weighted by molar-refractivity contribution is 0.102. The molecular weight excluding hydrogens is 237 g/mol. The summed E-state index contributed by atoms with van der Waals surface area (Å²) in [6.07, 6.45) is 1.25. The summed E-state index contributed by atoms with van der Waals surface area (Å²) in [6.45, 7) is 1.51. The van der Waals surface area contributed by atoms with Crippen LogP contribution in [0.25, 0.3) is 0 Å². The van der Waals surface area contributed by atoms with Crippen molar-refractivity contribution in [1.82, 2.24) is 15.4 Å². The van der Waals surface area contributed by atoms with Gasteiger partial charge in [-0.25, -0.2) is 4.39 Å². The van der Waals surface area contributed by atoms with Crippen LogP contribution in [-0.2, 0) is 0 Å². The zero-order valence-electron chi connectivity index (χ0n) is 9.36. The van der Waals surface area contributed by atoms with Crippen LogP contribution in [0.3, 0.4) is 0 Å². The van der Waals surface area contributed by atoms with E-state index in [0.717, 1.165) is 6.07 Å². The van der Waals surface area contributed by atoms with E-state index < -0.39 is 11.7 Å². The van der Waals surface area contributed by atoms with E-state index in [0.29, 0.717) is 0 Å². The second-order valence-corrected chi connectivity index (χ2v) is 3.55. The maximum Gasteiger partial charge on any atom is 0.277 e. The molecule has 0 saturated heterocycles. The standard InChI is InChI=1S/C11H8FN5O/c1-6-8(12)2-7(4-13)3-9(6)15-11(18)10-5-14-17-16-10/h2-3,5H,1H3,(H,15,18)(H,14,16,17). The summed E-state index contributed by atoms with van der Waals surface area (Å²) in [5.74, 6) is -1.08. The van der Waals surface area contributed by atoms with E-state index in [1.807, 2.05) is 6.07 Å². The van der Waals surface area contributed by atoms with E-state index in [2.05, 4.69) is 20.7 Å². The third-order valence-electron chi connectivity index (χ3n) is 2.37. The molecule has 0 radical (unpaired) electrons. The number of amides is 1. The first kappa shape index (κ1) is 11.7. The van der Waals surface area contributed by atoms with Crippen molar-refractivity contribution >= 4 is 11.6 Å². The summed E-state index contributed by atoms with van der Waals surface area (Å²) >= 11 is 0. The average molecular weight is 245 g/mol. The lowest BCUT2D eigenvalue weighted by Gasteiger charge is -2.08. The van der Waals surface area contributed by atoms with Crippen LogP contribution in [0.4, 0.5) is 10.1 Å². The number of H-pyrrole nitrogens is 1. The fraction of sp³-hybridized carbons (Fsp3) is 0.0909. The molecule has 1 heterocycles. The molecule has 1 amide bonds. The van der Waals surface area contributed by atoms with Crippen molar-refractivity contribution in [3.63, 3.8) is 0 Å². The van der Waals surface area contributed by atoms with E-state index in [4.69, 9.17) is 5.26 Å².